The lowest BCUT2D eigenvalue weighted by molar-refractivity contribution is 0.0499. The van der Waals surface area contributed by atoms with Crippen molar-refractivity contribution in [2.75, 3.05) is 26.7 Å². The topological polar surface area (TPSA) is 32.3 Å². The summed E-state index contributed by atoms with van der Waals surface area (Å²) in [5, 5.41) is 3.07. The number of hydrogen-bond acceptors (Lipinski definition) is 2. The smallest absolute Gasteiger partial charge is 0.256 e. The molecule has 86 valence electrons. The number of nitrogens with zero attached hydrogens (tertiary/aromatic N) is 1. The zero-order chi connectivity index (χ0) is 11.5. The van der Waals surface area contributed by atoms with E-state index in [9.17, 15) is 9.18 Å². The third kappa shape index (κ3) is 2.07. The molecular weight excluding hydrogens is 207 g/mol. The first kappa shape index (κ1) is 11.1. The first-order valence-electron chi connectivity index (χ1n) is 5.40. The van der Waals surface area contributed by atoms with Crippen LogP contribution in [0.2, 0.25) is 0 Å². The van der Waals surface area contributed by atoms with E-state index in [0.717, 1.165) is 6.54 Å². The molecule has 0 spiro atoms. The molecule has 0 atom stereocenters. The van der Waals surface area contributed by atoms with Crippen molar-refractivity contribution in [3.05, 3.63) is 35.6 Å². The standard InChI is InChI=1S/C12H15FN2O/c1-14-6-9-7-15(8-9)12(16)10-4-2-3-5-11(10)13/h2-5,9,14H,6-8H2,1H3. The predicted octanol–water partition coefficient (Wildman–Crippen LogP) is 1.12. The van der Waals surface area contributed by atoms with Gasteiger partial charge < -0.3 is 10.2 Å². The second-order valence-electron chi connectivity index (χ2n) is 4.11. The van der Waals surface area contributed by atoms with Gasteiger partial charge in [-0.1, -0.05) is 12.1 Å². The van der Waals surface area contributed by atoms with E-state index in [2.05, 4.69) is 5.32 Å². The minimum Gasteiger partial charge on any atom is -0.338 e. The quantitative estimate of drug-likeness (QED) is 0.831. The van der Waals surface area contributed by atoms with Gasteiger partial charge in [-0.2, -0.15) is 0 Å². The Kier molecular flexibility index (Phi) is 3.19. The first-order chi connectivity index (χ1) is 7.72. The lowest BCUT2D eigenvalue weighted by atomic mass is 9.99. The molecule has 1 aromatic rings. The molecule has 0 radical (unpaired) electrons. The Balaban J connectivity index is 1.98. The SMILES string of the molecule is CNCC1CN(C(=O)c2ccccc2F)C1. The van der Waals surface area contributed by atoms with Crippen LogP contribution in [0.25, 0.3) is 0 Å². The molecule has 1 aromatic carbocycles. The van der Waals surface area contributed by atoms with E-state index in [0.29, 0.717) is 19.0 Å². The molecule has 1 heterocycles. The number of hydrogen-bond donors (Lipinski definition) is 1. The van der Waals surface area contributed by atoms with Crippen LogP contribution >= 0.6 is 0 Å². The molecule has 1 saturated heterocycles. The Bertz CT molecular complexity index is 388. The van der Waals surface area contributed by atoms with Gasteiger partial charge in [0.05, 0.1) is 5.56 Å². The molecule has 1 N–H and O–H groups in total. The number of halogens is 1. The maximum atomic E-state index is 13.3. The Morgan fingerprint density at radius 3 is 2.81 bits per heavy atom. The maximum Gasteiger partial charge on any atom is 0.256 e. The van der Waals surface area contributed by atoms with Crippen LogP contribution in [0, 0.1) is 11.7 Å². The van der Waals surface area contributed by atoms with Crippen LogP contribution in [0.15, 0.2) is 24.3 Å². The van der Waals surface area contributed by atoms with E-state index < -0.39 is 5.82 Å². The second kappa shape index (κ2) is 4.61. The molecule has 0 saturated carbocycles. The Morgan fingerprint density at radius 1 is 1.50 bits per heavy atom. The van der Waals surface area contributed by atoms with Crippen molar-refractivity contribution in [1.29, 1.82) is 0 Å². The van der Waals surface area contributed by atoms with E-state index >= 15 is 0 Å². The van der Waals surface area contributed by atoms with E-state index in [4.69, 9.17) is 0 Å². The van der Waals surface area contributed by atoms with Gasteiger partial charge in [0.15, 0.2) is 0 Å². The normalized spacial score (nSPS) is 16.0. The third-order valence-corrected chi connectivity index (χ3v) is 2.84. The highest BCUT2D eigenvalue weighted by Gasteiger charge is 2.31. The van der Waals surface area contributed by atoms with Crippen molar-refractivity contribution in [2.45, 2.75) is 0 Å². The lowest BCUT2D eigenvalue weighted by Crippen LogP contribution is -2.53. The number of likely N-dealkylation sites (tertiary alicyclic amines) is 1. The summed E-state index contributed by atoms with van der Waals surface area (Å²) in [6.07, 6.45) is 0. The molecule has 1 aliphatic heterocycles. The highest BCUT2D eigenvalue weighted by molar-refractivity contribution is 5.94. The average molecular weight is 222 g/mol. The van der Waals surface area contributed by atoms with Gasteiger partial charge in [0, 0.05) is 25.6 Å². The van der Waals surface area contributed by atoms with Gasteiger partial charge in [-0.3, -0.25) is 4.79 Å². The van der Waals surface area contributed by atoms with Crippen molar-refractivity contribution < 1.29 is 9.18 Å². The summed E-state index contributed by atoms with van der Waals surface area (Å²) >= 11 is 0. The first-order valence-corrected chi connectivity index (χ1v) is 5.40. The summed E-state index contributed by atoms with van der Waals surface area (Å²) in [4.78, 5) is 13.5. The highest BCUT2D eigenvalue weighted by atomic mass is 19.1. The monoisotopic (exact) mass is 222 g/mol. The van der Waals surface area contributed by atoms with Crippen LogP contribution < -0.4 is 5.32 Å². The molecule has 16 heavy (non-hydrogen) atoms. The molecule has 0 aliphatic carbocycles. The number of rotatable bonds is 3. The molecule has 0 unspecified atom stereocenters. The van der Waals surface area contributed by atoms with Gasteiger partial charge in [0.2, 0.25) is 0 Å². The number of carbonyl (C=O) groups is 1. The fraction of sp³-hybridized carbons (Fsp3) is 0.417. The van der Waals surface area contributed by atoms with E-state index in [1.54, 1.807) is 17.0 Å². The molecule has 1 fully saturated rings. The summed E-state index contributed by atoms with van der Waals surface area (Å²) in [5.41, 5.74) is 0.172. The molecule has 0 bridgehead atoms. The molecular formula is C12H15FN2O. The van der Waals surface area contributed by atoms with Crippen molar-refractivity contribution >= 4 is 5.91 Å². The summed E-state index contributed by atoms with van der Waals surface area (Å²) in [6.45, 7) is 2.34. The summed E-state index contributed by atoms with van der Waals surface area (Å²) in [5.74, 6) is -0.143. The van der Waals surface area contributed by atoms with Crippen molar-refractivity contribution in [1.82, 2.24) is 10.2 Å². The Labute approximate surface area is 94.3 Å². The van der Waals surface area contributed by atoms with Crippen LogP contribution in [-0.4, -0.2) is 37.5 Å². The zero-order valence-electron chi connectivity index (χ0n) is 9.24. The van der Waals surface area contributed by atoms with Crippen LogP contribution in [0.5, 0.6) is 0 Å². The largest absolute Gasteiger partial charge is 0.338 e. The number of amides is 1. The van der Waals surface area contributed by atoms with Crippen LogP contribution in [-0.2, 0) is 0 Å². The molecule has 4 heteroatoms. The van der Waals surface area contributed by atoms with Crippen molar-refractivity contribution in [2.24, 2.45) is 5.92 Å². The van der Waals surface area contributed by atoms with Crippen molar-refractivity contribution in [3.63, 3.8) is 0 Å². The van der Waals surface area contributed by atoms with Gasteiger partial charge >= 0.3 is 0 Å². The third-order valence-electron chi connectivity index (χ3n) is 2.84. The summed E-state index contributed by atoms with van der Waals surface area (Å²) in [7, 11) is 1.89. The Hall–Kier alpha value is -1.42. The van der Waals surface area contributed by atoms with Crippen LogP contribution in [0.3, 0.4) is 0 Å². The maximum absolute atomic E-state index is 13.3. The van der Waals surface area contributed by atoms with Crippen LogP contribution in [0.4, 0.5) is 4.39 Å². The van der Waals surface area contributed by atoms with Crippen LogP contribution in [0.1, 0.15) is 10.4 Å². The van der Waals surface area contributed by atoms with E-state index in [1.165, 1.54) is 12.1 Å². The summed E-state index contributed by atoms with van der Waals surface area (Å²) < 4.78 is 13.3. The lowest BCUT2D eigenvalue weighted by Gasteiger charge is -2.39. The fourth-order valence-electron chi connectivity index (χ4n) is 1.96. The number of carbonyl (C=O) groups excluding carboxylic acids is 1. The second-order valence-corrected chi connectivity index (χ2v) is 4.11. The molecule has 1 amide bonds. The average Bonchev–Trinajstić information content (AvgIpc) is 2.22. The molecule has 3 nitrogen and oxygen atoms in total. The number of benzene rings is 1. The highest BCUT2D eigenvalue weighted by Crippen LogP contribution is 2.19. The van der Waals surface area contributed by atoms with Gasteiger partial charge in [0.1, 0.15) is 5.82 Å². The van der Waals surface area contributed by atoms with Gasteiger partial charge in [-0.15, -0.1) is 0 Å². The molecule has 2 rings (SSSR count). The van der Waals surface area contributed by atoms with Crippen molar-refractivity contribution in [3.8, 4) is 0 Å². The van der Waals surface area contributed by atoms with Gasteiger partial charge in [-0.05, 0) is 19.2 Å². The summed E-state index contributed by atoms with van der Waals surface area (Å²) in [6, 6.07) is 6.12. The fourth-order valence-corrected chi connectivity index (χ4v) is 1.96. The van der Waals surface area contributed by atoms with E-state index in [-0.39, 0.29) is 11.5 Å². The minimum atomic E-state index is -0.440. The zero-order valence-corrected chi connectivity index (χ0v) is 9.24. The van der Waals surface area contributed by atoms with Gasteiger partial charge in [-0.25, -0.2) is 4.39 Å². The van der Waals surface area contributed by atoms with E-state index in [1.807, 2.05) is 7.05 Å². The number of nitrogens with one attached hydrogen (secondary N) is 1. The minimum absolute atomic E-state index is 0.172. The molecule has 0 aromatic heterocycles. The Morgan fingerprint density at radius 2 is 2.19 bits per heavy atom. The molecule has 1 aliphatic rings. The van der Waals surface area contributed by atoms with Gasteiger partial charge in [0.25, 0.3) is 5.91 Å². The predicted molar refractivity (Wildman–Crippen MR) is 59.7 cm³/mol.